The van der Waals surface area contributed by atoms with E-state index in [0.717, 1.165) is 0 Å². The van der Waals surface area contributed by atoms with E-state index in [1.165, 1.54) is 11.3 Å². The fourth-order valence-corrected chi connectivity index (χ4v) is 2.49. The topological polar surface area (TPSA) is 71.1 Å². The number of carbonyl (C=O) groups is 2. The van der Waals surface area contributed by atoms with Gasteiger partial charge in [0, 0.05) is 22.2 Å². The predicted octanol–water partition coefficient (Wildman–Crippen LogP) is 3.19. The SMILES string of the molecule is CC(C)[C@@H](NC(=O)c1ccc(Cl)cc1)C(=O)Nc1nccs1. The van der Waals surface area contributed by atoms with Gasteiger partial charge in [-0.05, 0) is 30.2 Å². The van der Waals surface area contributed by atoms with Gasteiger partial charge in [-0.2, -0.15) is 0 Å². The molecule has 2 aromatic rings. The smallest absolute Gasteiger partial charge is 0.251 e. The Morgan fingerprint density at radius 1 is 1.23 bits per heavy atom. The van der Waals surface area contributed by atoms with Gasteiger partial charge < -0.3 is 10.6 Å². The largest absolute Gasteiger partial charge is 0.340 e. The average molecular weight is 338 g/mol. The number of nitrogens with one attached hydrogen (secondary N) is 2. The van der Waals surface area contributed by atoms with Crippen molar-refractivity contribution in [1.29, 1.82) is 0 Å². The van der Waals surface area contributed by atoms with Gasteiger partial charge in [-0.1, -0.05) is 25.4 Å². The minimum atomic E-state index is -0.646. The van der Waals surface area contributed by atoms with Crippen LogP contribution in [0.5, 0.6) is 0 Å². The van der Waals surface area contributed by atoms with E-state index in [2.05, 4.69) is 15.6 Å². The van der Waals surface area contributed by atoms with Crippen molar-refractivity contribution in [2.24, 2.45) is 5.92 Å². The summed E-state index contributed by atoms with van der Waals surface area (Å²) < 4.78 is 0. The summed E-state index contributed by atoms with van der Waals surface area (Å²) in [4.78, 5) is 28.5. The van der Waals surface area contributed by atoms with Crippen LogP contribution < -0.4 is 10.6 Å². The number of amides is 2. The lowest BCUT2D eigenvalue weighted by Crippen LogP contribution is -2.47. The van der Waals surface area contributed by atoms with Gasteiger partial charge in [0.15, 0.2) is 5.13 Å². The molecule has 116 valence electrons. The van der Waals surface area contributed by atoms with Crippen molar-refractivity contribution in [1.82, 2.24) is 10.3 Å². The van der Waals surface area contributed by atoms with E-state index < -0.39 is 6.04 Å². The number of halogens is 1. The summed E-state index contributed by atoms with van der Waals surface area (Å²) in [6, 6.07) is 5.86. The second-order valence-corrected chi connectivity index (χ2v) is 6.36. The third-order valence-electron chi connectivity index (χ3n) is 3.00. The molecule has 0 aliphatic rings. The quantitative estimate of drug-likeness (QED) is 0.880. The number of hydrogen-bond acceptors (Lipinski definition) is 4. The zero-order valence-corrected chi connectivity index (χ0v) is 13.7. The van der Waals surface area contributed by atoms with Crippen molar-refractivity contribution >= 4 is 39.9 Å². The molecule has 1 aromatic heterocycles. The lowest BCUT2D eigenvalue weighted by molar-refractivity contribution is -0.118. The van der Waals surface area contributed by atoms with Gasteiger partial charge >= 0.3 is 0 Å². The maximum Gasteiger partial charge on any atom is 0.251 e. The fourth-order valence-electron chi connectivity index (χ4n) is 1.83. The van der Waals surface area contributed by atoms with Crippen molar-refractivity contribution in [3.8, 4) is 0 Å². The molecule has 7 heteroatoms. The molecule has 2 rings (SSSR count). The Kier molecular flexibility index (Phi) is 5.51. The van der Waals surface area contributed by atoms with Crippen molar-refractivity contribution < 1.29 is 9.59 Å². The van der Waals surface area contributed by atoms with Gasteiger partial charge in [0.1, 0.15) is 6.04 Å². The van der Waals surface area contributed by atoms with Crippen molar-refractivity contribution in [3.63, 3.8) is 0 Å². The first kappa shape index (κ1) is 16.5. The Labute approximate surface area is 137 Å². The molecule has 0 fully saturated rings. The van der Waals surface area contributed by atoms with Gasteiger partial charge in [-0.15, -0.1) is 11.3 Å². The standard InChI is InChI=1S/C15H16ClN3O2S/c1-9(2)12(14(21)19-15-17-7-8-22-15)18-13(20)10-3-5-11(16)6-4-10/h3-9,12H,1-2H3,(H,18,20)(H,17,19,21)/t12-/m1/s1. The molecule has 0 saturated heterocycles. The normalized spacial score (nSPS) is 12.0. The summed E-state index contributed by atoms with van der Waals surface area (Å²) in [6.45, 7) is 3.74. The zero-order valence-electron chi connectivity index (χ0n) is 12.2. The number of carbonyl (C=O) groups excluding carboxylic acids is 2. The molecule has 0 aliphatic carbocycles. The maximum absolute atomic E-state index is 12.3. The molecule has 22 heavy (non-hydrogen) atoms. The van der Waals surface area contributed by atoms with Crippen LogP contribution in [0.2, 0.25) is 5.02 Å². The Hall–Kier alpha value is -1.92. The molecule has 0 aliphatic heterocycles. The second-order valence-electron chi connectivity index (χ2n) is 5.03. The van der Waals surface area contributed by atoms with Gasteiger partial charge in [-0.25, -0.2) is 4.98 Å². The molecule has 2 N–H and O–H groups in total. The van der Waals surface area contributed by atoms with E-state index in [9.17, 15) is 9.59 Å². The van der Waals surface area contributed by atoms with Crippen LogP contribution in [0, 0.1) is 5.92 Å². The highest BCUT2D eigenvalue weighted by Crippen LogP contribution is 2.14. The molecule has 0 saturated carbocycles. The molecular weight excluding hydrogens is 322 g/mol. The number of aromatic nitrogens is 1. The minimum Gasteiger partial charge on any atom is -0.340 e. The van der Waals surface area contributed by atoms with Gasteiger partial charge in [-0.3, -0.25) is 9.59 Å². The molecule has 5 nitrogen and oxygen atoms in total. The molecule has 1 heterocycles. The van der Waals surface area contributed by atoms with Crippen LogP contribution in [0.1, 0.15) is 24.2 Å². The van der Waals surface area contributed by atoms with E-state index in [1.54, 1.807) is 35.8 Å². The highest BCUT2D eigenvalue weighted by atomic mass is 35.5. The molecular formula is C15H16ClN3O2S. The summed E-state index contributed by atoms with van der Waals surface area (Å²) in [6.07, 6.45) is 1.61. The number of benzene rings is 1. The van der Waals surface area contributed by atoms with Crippen molar-refractivity contribution in [3.05, 3.63) is 46.4 Å². The molecule has 0 unspecified atom stereocenters. The second kappa shape index (κ2) is 7.38. The fraction of sp³-hybridized carbons (Fsp3) is 0.267. The molecule has 0 radical (unpaired) electrons. The summed E-state index contributed by atoms with van der Waals surface area (Å²) in [7, 11) is 0. The Morgan fingerprint density at radius 2 is 1.91 bits per heavy atom. The highest BCUT2D eigenvalue weighted by molar-refractivity contribution is 7.13. The molecule has 0 bridgehead atoms. The average Bonchev–Trinajstić information content (AvgIpc) is 2.97. The maximum atomic E-state index is 12.3. The molecule has 1 atom stereocenters. The first-order valence-electron chi connectivity index (χ1n) is 6.74. The summed E-state index contributed by atoms with van der Waals surface area (Å²) in [5, 5.41) is 8.28. The van der Waals surface area contributed by atoms with E-state index in [4.69, 9.17) is 11.6 Å². The number of rotatable bonds is 5. The first-order chi connectivity index (χ1) is 10.5. The number of hydrogen-bond donors (Lipinski definition) is 2. The third kappa shape index (κ3) is 4.29. The lowest BCUT2D eigenvalue weighted by atomic mass is 10.0. The van der Waals surface area contributed by atoms with Crippen molar-refractivity contribution in [2.75, 3.05) is 5.32 Å². The van der Waals surface area contributed by atoms with Gasteiger partial charge in [0.2, 0.25) is 5.91 Å². The molecule has 0 spiro atoms. The van der Waals surface area contributed by atoms with E-state index >= 15 is 0 Å². The Balaban J connectivity index is 2.06. The van der Waals surface area contributed by atoms with E-state index in [0.29, 0.717) is 15.7 Å². The summed E-state index contributed by atoms with van der Waals surface area (Å²) >= 11 is 7.13. The van der Waals surface area contributed by atoms with E-state index in [-0.39, 0.29) is 17.7 Å². The monoisotopic (exact) mass is 337 g/mol. The van der Waals surface area contributed by atoms with Crippen LogP contribution in [0.15, 0.2) is 35.8 Å². The van der Waals surface area contributed by atoms with Crippen LogP contribution in [-0.2, 0) is 4.79 Å². The third-order valence-corrected chi connectivity index (χ3v) is 3.95. The zero-order chi connectivity index (χ0) is 16.1. The van der Waals surface area contributed by atoms with Crippen LogP contribution in [0.4, 0.5) is 5.13 Å². The summed E-state index contributed by atoms with van der Waals surface area (Å²) in [5.74, 6) is -0.659. The van der Waals surface area contributed by atoms with Gasteiger partial charge in [0.25, 0.3) is 5.91 Å². The van der Waals surface area contributed by atoms with Crippen LogP contribution in [0.3, 0.4) is 0 Å². The van der Waals surface area contributed by atoms with Crippen molar-refractivity contribution in [2.45, 2.75) is 19.9 Å². The summed E-state index contributed by atoms with van der Waals surface area (Å²) in [5.41, 5.74) is 0.456. The van der Waals surface area contributed by atoms with Gasteiger partial charge in [0.05, 0.1) is 0 Å². The lowest BCUT2D eigenvalue weighted by Gasteiger charge is -2.21. The number of thiazole rings is 1. The molecule has 2 amide bonds. The minimum absolute atomic E-state index is 0.0591. The number of nitrogens with zero attached hydrogens (tertiary/aromatic N) is 1. The van der Waals surface area contributed by atoms with Crippen LogP contribution in [0.25, 0.3) is 0 Å². The Bertz CT molecular complexity index is 641. The first-order valence-corrected chi connectivity index (χ1v) is 8.00. The van der Waals surface area contributed by atoms with Crippen LogP contribution in [-0.4, -0.2) is 22.8 Å². The Morgan fingerprint density at radius 3 is 2.45 bits per heavy atom. The molecule has 1 aromatic carbocycles. The highest BCUT2D eigenvalue weighted by Gasteiger charge is 2.25. The van der Waals surface area contributed by atoms with E-state index in [1.807, 2.05) is 13.8 Å². The van der Waals surface area contributed by atoms with Crippen LogP contribution >= 0.6 is 22.9 Å². The number of anilines is 1. The predicted molar refractivity (Wildman–Crippen MR) is 88.3 cm³/mol.